The molecule has 23 heavy (non-hydrogen) atoms. The number of nitrogens with zero attached hydrogens (tertiary/aromatic N) is 4. The van der Waals surface area contributed by atoms with E-state index in [9.17, 15) is 9.18 Å². The van der Waals surface area contributed by atoms with E-state index in [-0.39, 0.29) is 11.7 Å². The van der Waals surface area contributed by atoms with Crippen LogP contribution in [0, 0.1) is 5.82 Å². The van der Waals surface area contributed by atoms with Crippen LogP contribution in [0.2, 0.25) is 0 Å². The molecular formula is C14H11FN4OS3. The SMILES string of the molecule is CC(=O)N(c1ccc(F)cc1)c1nc(CSc2nncs2)cs1. The van der Waals surface area contributed by atoms with Gasteiger partial charge in [-0.15, -0.1) is 21.5 Å². The summed E-state index contributed by atoms with van der Waals surface area (Å²) in [7, 11) is 0. The fourth-order valence-corrected chi connectivity index (χ4v) is 4.22. The maximum Gasteiger partial charge on any atom is 0.230 e. The van der Waals surface area contributed by atoms with Crippen molar-refractivity contribution >= 4 is 51.2 Å². The number of benzene rings is 1. The average Bonchev–Trinajstić information content (AvgIpc) is 3.19. The fourth-order valence-electron chi connectivity index (χ4n) is 1.84. The Kier molecular flexibility index (Phi) is 4.99. The van der Waals surface area contributed by atoms with Crippen LogP contribution in [0.1, 0.15) is 12.6 Å². The highest BCUT2D eigenvalue weighted by atomic mass is 32.2. The molecule has 0 saturated carbocycles. The Morgan fingerprint density at radius 2 is 2.09 bits per heavy atom. The molecule has 0 aliphatic rings. The van der Waals surface area contributed by atoms with Crippen LogP contribution in [0.15, 0.2) is 39.5 Å². The van der Waals surface area contributed by atoms with E-state index < -0.39 is 0 Å². The summed E-state index contributed by atoms with van der Waals surface area (Å²) in [6.45, 7) is 1.46. The van der Waals surface area contributed by atoms with Crippen molar-refractivity contribution in [1.82, 2.24) is 15.2 Å². The zero-order valence-corrected chi connectivity index (χ0v) is 14.4. The van der Waals surface area contributed by atoms with Gasteiger partial charge in [-0.25, -0.2) is 9.37 Å². The van der Waals surface area contributed by atoms with Crippen molar-refractivity contribution < 1.29 is 9.18 Å². The minimum atomic E-state index is -0.342. The molecule has 9 heteroatoms. The number of carbonyl (C=O) groups is 1. The molecule has 3 aromatic rings. The van der Waals surface area contributed by atoms with Crippen molar-refractivity contribution in [1.29, 1.82) is 0 Å². The van der Waals surface area contributed by atoms with E-state index in [1.54, 1.807) is 29.4 Å². The van der Waals surface area contributed by atoms with Gasteiger partial charge in [-0.1, -0.05) is 23.1 Å². The first kappa shape index (κ1) is 16.0. The van der Waals surface area contributed by atoms with Crippen LogP contribution in [0.3, 0.4) is 0 Å². The predicted molar refractivity (Wildman–Crippen MR) is 90.8 cm³/mol. The van der Waals surface area contributed by atoms with Crippen molar-refractivity contribution in [2.75, 3.05) is 4.90 Å². The van der Waals surface area contributed by atoms with Gasteiger partial charge in [0.15, 0.2) is 9.47 Å². The number of amides is 1. The number of hydrogen-bond donors (Lipinski definition) is 0. The molecule has 0 spiro atoms. The molecule has 0 radical (unpaired) electrons. The van der Waals surface area contributed by atoms with Gasteiger partial charge in [-0.05, 0) is 24.3 Å². The van der Waals surface area contributed by atoms with Crippen LogP contribution in [0.25, 0.3) is 0 Å². The number of thiazole rings is 1. The smallest absolute Gasteiger partial charge is 0.230 e. The molecule has 0 aliphatic carbocycles. The van der Waals surface area contributed by atoms with Gasteiger partial charge in [0, 0.05) is 18.1 Å². The second-order valence-electron chi connectivity index (χ2n) is 4.45. The Hall–Kier alpha value is -1.84. The lowest BCUT2D eigenvalue weighted by atomic mass is 10.3. The van der Waals surface area contributed by atoms with Crippen molar-refractivity contribution in [3.05, 3.63) is 46.7 Å². The van der Waals surface area contributed by atoms with Gasteiger partial charge in [0.25, 0.3) is 0 Å². The molecule has 0 N–H and O–H groups in total. The minimum absolute atomic E-state index is 0.172. The normalized spacial score (nSPS) is 10.7. The van der Waals surface area contributed by atoms with E-state index >= 15 is 0 Å². The van der Waals surface area contributed by atoms with Crippen LogP contribution in [-0.2, 0) is 10.5 Å². The second-order valence-corrected chi connectivity index (χ2v) is 7.34. The summed E-state index contributed by atoms with van der Waals surface area (Å²) in [4.78, 5) is 17.9. The van der Waals surface area contributed by atoms with Gasteiger partial charge in [0.05, 0.1) is 11.4 Å². The Morgan fingerprint density at radius 1 is 1.30 bits per heavy atom. The van der Waals surface area contributed by atoms with Gasteiger partial charge in [0.2, 0.25) is 5.91 Å². The van der Waals surface area contributed by atoms with E-state index in [0.717, 1.165) is 10.0 Å². The highest BCUT2D eigenvalue weighted by Crippen LogP contribution is 2.31. The predicted octanol–water partition coefficient (Wildman–Crippen LogP) is 4.11. The Bertz CT molecular complexity index is 789. The highest BCUT2D eigenvalue weighted by Gasteiger charge is 2.18. The minimum Gasteiger partial charge on any atom is -0.274 e. The second kappa shape index (κ2) is 7.16. The average molecular weight is 366 g/mol. The molecule has 0 saturated heterocycles. The van der Waals surface area contributed by atoms with E-state index in [1.165, 1.54) is 46.6 Å². The first-order valence-electron chi connectivity index (χ1n) is 6.53. The van der Waals surface area contributed by atoms with Crippen molar-refractivity contribution in [3.8, 4) is 0 Å². The summed E-state index contributed by atoms with van der Waals surface area (Å²) in [5.74, 6) is 0.140. The lowest BCUT2D eigenvalue weighted by molar-refractivity contribution is -0.115. The molecule has 0 aliphatic heterocycles. The van der Waals surface area contributed by atoms with E-state index in [2.05, 4.69) is 15.2 Å². The first-order valence-corrected chi connectivity index (χ1v) is 9.27. The maximum absolute atomic E-state index is 13.1. The lowest BCUT2D eigenvalue weighted by Gasteiger charge is -2.17. The molecule has 0 unspecified atom stereocenters. The third kappa shape index (κ3) is 3.92. The number of anilines is 2. The summed E-state index contributed by atoms with van der Waals surface area (Å²) in [5.41, 5.74) is 3.14. The third-order valence-corrected chi connectivity index (χ3v) is 5.58. The van der Waals surface area contributed by atoms with Gasteiger partial charge >= 0.3 is 0 Å². The molecule has 3 rings (SSSR count). The van der Waals surface area contributed by atoms with Gasteiger partial charge in [-0.2, -0.15) is 0 Å². The molecule has 1 aromatic carbocycles. The highest BCUT2D eigenvalue weighted by molar-refractivity contribution is 8.00. The summed E-state index contributed by atoms with van der Waals surface area (Å²) < 4.78 is 13.9. The number of aromatic nitrogens is 3. The largest absolute Gasteiger partial charge is 0.274 e. The van der Waals surface area contributed by atoms with Gasteiger partial charge in [-0.3, -0.25) is 9.69 Å². The standard InChI is InChI=1S/C14H11FN4OS3/c1-9(20)19(12-4-2-10(15)3-5-12)13-17-11(6-21-13)7-22-14-18-16-8-23-14/h2-6,8H,7H2,1H3. The number of hydrogen-bond acceptors (Lipinski definition) is 7. The maximum atomic E-state index is 13.1. The van der Waals surface area contributed by atoms with Gasteiger partial charge < -0.3 is 0 Å². The van der Waals surface area contributed by atoms with Crippen molar-refractivity contribution in [2.24, 2.45) is 0 Å². The fraction of sp³-hybridized carbons (Fsp3) is 0.143. The molecule has 2 heterocycles. The Morgan fingerprint density at radius 3 is 2.74 bits per heavy atom. The number of halogens is 1. The van der Waals surface area contributed by atoms with E-state index in [4.69, 9.17) is 0 Å². The van der Waals surface area contributed by atoms with Crippen LogP contribution < -0.4 is 4.90 Å². The zero-order chi connectivity index (χ0) is 16.2. The van der Waals surface area contributed by atoms with Crippen LogP contribution in [-0.4, -0.2) is 21.1 Å². The number of thioether (sulfide) groups is 1. The number of carbonyl (C=O) groups excluding carboxylic acids is 1. The van der Waals surface area contributed by atoms with Gasteiger partial charge in [0.1, 0.15) is 11.3 Å². The van der Waals surface area contributed by atoms with Crippen LogP contribution >= 0.6 is 34.4 Å². The van der Waals surface area contributed by atoms with Crippen LogP contribution in [0.5, 0.6) is 0 Å². The molecule has 2 aromatic heterocycles. The quantitative estimate of drug-likeness (QED) is 0.636. The van der Waals surface area contributed by atoms with Crippen LogP contribution in [0.4, 0.5) is 15.2 Å². The summed E-state index contributed by atoms with van der Waals surface area (Å²) >= 11 is 4.40. The van der Waals surface area contributed by atoms with E-state index in [0.29, 0.717) is 16.6 Å². The molecule has 0 atom stereocenters. The molecule has 0 bridgehead atoms. The third-order valence-electron chi connectivity index (χ3n) is 2.81. The summed E-state index contributed by atoms with van der Waals surface area (Å²) in [5, 5.41) is 10.2. The molecular weight excluding hydrogens is 355 g/mol. The van der Waals surface area contributed by atoms with Crippen molar-refractivity contribution in [3.63, 3.8) is 0 Å². The van der Waals surface area contributed by atoms with E-state index in [1.807, 2.05) is 5.38 Å². The monoisotopic (exact) mass is 366 g/mol. The summed E-state index contributed by atoms with van der Waals surface area (Å²) in [6, 6.07) is 5.78. The number of rotatable bonds is 5. The van der Waals surface area contributed by atoms with Crippen molar-refractivity contribution in [2.45, 2.75) is 17.0 Å². The topological polar surface area (TPSA) is 59.0 Å². The first-order chi connectivity index (χ1) is 11.1. The molecule has 118 valence electrons. The molecule has 0 fully saturated rings. The molecule has 5 nitrogen and oxygen atoms in total. The molecule has 1 amide bonds. The zero-order valence-electron chi connectivity index (χ0n) is 12.0. The lowest BCUT2D eigenvalue weighted by Crippen LogP contribution is -2.22. The summed E-state index contributed by atoms with van der Waals surface area (Å²) in [6.07, 6.45) is 0. The Labute approximate surface area is 144 Å². The Balaban J connectivity index is 1.78.